The minimum Gasteiger partial charge on any atom is -0.426 e. The SMILES string of the molecule is CSc1ccc(C2CC(=O)Oc3ccc4nsnc4c32)cc1. The fraction of sp³-hybridized carbons (Fsp3) is 0.188. The Labute approximate surface area is 135 Å². The van der Waals surface area contributed by atoms with Crippen LogP contribution >= 0.6 is 23.5 Å². The second-order valence-electron chi connectivity index (χ2n) is 5.11. The van der Waals surface area contributed by atoms with Crippen molar-refractivity contribution in [3.05, 3.63) is 47.5 Å². The normalized spacial score (nSPS) is 17.3. The van der Waals surface area contributed by atoms with E-state index in [1.165, 1.54) is 16.6 Å². The van der Waals surface area contributed by atoms with Gasteiger partial charge in [-0.2, -0.15) is 8.75 Å². The molecule has 0 amide bonds. The maximum atomic E-state index is 11.9. The molecule has 1 aliphatic rings. The first kappa shape index (κ1) is 13.7. The number of hydrogen-bond donors (Lipinski definition) is 0. The molecule has 6 heteroatoms. The van der Waals surface area contributed by atoms with E-state index in [1.54, 1.807) is 11.8 Å². The summed E-state index contributed by atoms with van der Waals surface area (Å²) in [5.41, 5.74) is 3.78. The summed E-state index contributed by atoms with van der Waals surface area (Å²) < 4.78 is 14.1. The molecule has 0 bridgehead atoms. The van der Waals surface area contributed by atoms with Gasteiger partial charge in [-0.3, -0.25) is 4.79 Å². The van der Waals surface area contributed by atoms with Crippen molar-refractivity contribution in [1.29, 1.82) is 0 Å². The highest BCUT2D eigenvalue weighted by Crippen LogP contribution is 2.42. The highest BCUT2D eigenvalue weighted by molar-refractivity contribution is 7.98. The zero-order chi connectivity index (χ0) is 15.1. The topological polar surface area (TPSA) is 52.1 Å². The average molecular weight is 328 g/mol. The molecule has 2 aromatic carbocycles. The van der Waals surface area contributed by atoms with E-state index in [1.807, 2.05) is 18.4 Å². The summed E-state index contributed by atoms with van der Waals surface area (Å²) in [5, 5.41) is 0. The van der Waals surface area contributed by atoms with Crippen LogP contribution in [0.1, 0.15) is 23.5 Å². The summed E-state index contributed by atoms with van der Waals surface area (Å²) in [5.74, 6) is 0.379. The molecule has 1 aliphatic heterocycles. The summed E-state index contributed by atoms with van der Waals surface area (Å²) in [6.45, 7) is 0. The minimum atomic E-state index is -0.200. The molecule has 3 aromatic rings. The summed E-state index contributed by atoms with van der Waals surface area (Å²) in [6.07, 6.45) is 2.38. The van der Waals surface area contributed by atoms with Gasteiger partial charge >= 0.3 is 5.97 Å². The van der Waals surface area contributed by atoms with Crippen LogP contribution in [0.25, 0.3) is 11.0 Å². The molecule has 0 radical (unpaired) electrons. The van der Waals surface area contributed by atoms with Crippen LogP contribution in [0, 0.1) is 0 Å². The van der Waals surface area contributed by atoms with Crippen LogP contribution in [0.2, 0.25) is 0 Å². The molecule has 4 nitrogen and oxygen atoms in total. The molecule has 0 aliphatic carbocycles. The van der Waals surface area contributed by atoms with Crippen molar-refractivity contribution in [2.24, 2.45) is 0 Å². The van der Waals surface area contributed by atoms with Crippen LogP contribution in [0.3, 0.4) is 0 Å². The highest BCUT2D eigenvalue weighted by atomic mass is 32.2. The predicted molar refractivity (Wildman–Crippen MR) is 87.7 cm³/mol. The average Bonchev–Trinajstić information content (AvgIpc) is 3.02. The number of carbonyl (C=O) groups excluding carboxylic acids is 1. The lowest BCUT2D eigenvalue weighted by Gasteiger charge is -2.25. The van der Waals surface area contributed by atoms with Crippen molar-refractivity contribution in [3.63, 3.8) is 0 Å². The van der Waals surface area contributed by atoms with E-state index in [2.05, 4.69) is 33.0 Å². The quantitative estimate of drug-likeness (QED) is 0.406. The van der Waals surface area contributed by atoms with E-state index in [-0.39, 0.29) is 11.9 Å². The van der Waals surface area contributed by atoms with Gasteiger partial charge in [0.1, 0.15) is 16.8 Å². The number of ether oxygens (including phenoxy) is 1. The molecule has 0 saturated carbocycles. The summed E-state index contributed by atoms with van der Waals surface area (Å²) >= 11 is 2.89. The molecule has 1 unspecified atom stereocenters. The van der Waals surface area contributed by atoms with Crippen molar-refractivity contribution in [2.45, 2.75) is 17.2 Å². The van der Waals surface area contributed by atoms with E-state index in [9.17, 15) is 4.79 Å². The van der Waals surface area contributed by atoms with Crippen LogP contribution in [-0.4, -0.2) is 21.0 Å². The van der Waals surface area contributed by atoms with E-state index in [0.717, 1.165) is 22.2 Å². The Morgan fingerprint density at radius 3 is 2.77 bits per heavy atom. The predicted octanol–water partition coefficient (Wildman–Crippen LogP) is 3.85. The Bertz CT molecular complexity index is 858. The minimum absolute atomic E-state index is 0.0280. The Kier molecular flexibility index (Phi) is 3.35. The molecule has 0 spiro atoms. The van der Waals surface area contributed by atoms with Crippen molar-refractivity contribution in [1.82, 2.24) is 8.75 Å². The summed E-state index contributed by atoms with van der Waals surface area (Å²) in [6, 6.07) is 12.0. The lowest BCUT2D eigenvalue weighted by atomic mass is 9.85. The zero-order valence-corrected chi connectivity index (χ0v) is 13.4. The second-order valence-corrected chi connectivity index (χ2v) is 6.52. The Hall–Kier alpha value is -1.92. The summed E-state index contributed by atoms with van der Waals surface area (Å²) in [7, 11) is 0. The number of benzene rings is 2. The molecule has 22 heavy (non-hydrogen) atoms. The fourth-order valence-electron chi connectivity index (χ4n) is 2.83. The number of hydrogen-bond acceptors (Lipinski definition) is 6. The summed E-state index contributed by atoms with van der Waals surface area (Å²) in [4.78, 5) is 13.2. The number of nitrogens with zero attached hydrogens (tertiary/aromatic N) is 2. The lowest BCUT2D eigenvalue weighted by molar-refractivity contribution is -0.135. The lowest BCUT2D eigenvalue weighted by Crippen LogP contribution is -2.21. The number of rotatable bonds is 2. The molecular formula is C16H12N2O2S2. The largest absolute Gasteiger partial charge is 0.426 e. The second kappa shape index (κ2) is 5.37. The molecule has 0 fully saturated rings. The first-order chi connectivity index (χ1) is 10.8. The third kappa shape index (κ3) is 2.19. The third-order valence-corrected chi connectivity index (χ3v) is 5.17. The van der Waals surface area contributed by atoms with Crippen molar-refractivity contribution in [3.8, 4) is 5.75 Å². The molecule has 2 heterocycles. The first-order valence-electron chi connectivity index (χ1n) is 6.86. The van der Waals surface area contributed by atoms with Gasteiger partial charge in [-0.05, 0) is 36.1 Å². The maximum Gasteiger partial charge on any atom is 0.312 e. The number of aromatic nitrogens is 2. The van der Waals surface area contributed by atoms with Gasteiger partial charge in [0, 0.05) is 16.4 Å². The van der Waals surface area contributed by atoms with Crippen LogP contribution in [0.4, 0.5) is 0 Å². The van der Waals surface area contributed by atoms with Crippen molar-refractivity contribution >= 4 is 40.5 Å². The van der Waals surface area contributed by atoms with Gasteiger partial charge in [0.05, 0.1) is 18.1 Å². The number of fused-ring (bicyclic) bond motifs is 3. The van der Waals surface area contributed by atoms with Gasteiger partial charge in [0.25, 0.3) is 0 Å². The zero-order valence-electron chi connectivity index (χ0n) is 11.8. The molecule has 1 aromatic heterocycles. The molecule has 110 valence electrons. The van der Waals surface area contributed by atoms with Crippen LogP contribution in [-0.2, 0) is 4.79 Å². The first-order valence-corrected chi connectivity index (χ1v) is 8.81. The number of esters is 1. The van der Waals surface area contributed by atoms with Gasteiger partial charge in [0.15, 0.2) is 0 Å². The highest BCUT2D eigenvalue weighted by Gasteiger charge is 2.31. The Morgan fingerprint density at radius 1 is 1.18 bits per heavy atom. The van der Waals surface area contributed by atoms with E-state index in [0.29, 0.717) is 12.2 Å². The van der Waals surface area contributed by atoms with Gasteiger partial charge in [0.2, 0.25) is 0 Å². The van der Waals surface area contributed by atoms with Gasteiger partial charge in [-0.25, -0.2) is 0 Å². The molecule has 0 saturated heterocycles. The van der Waals surface area contributed by atoms with Gasteiger partial charge < -0.3 is 4.74 Å². The van der Waals surface area contributed by atoms with E-state index < -0.39 is 0 Å². The van der Waals surface area contributed by atoms with E-state index in [4.69, 9.17) is 4.74 Å². The van der Waals surface area contributed by atoms with Crippen molar-refractivity contribution < 1.29 is 9.53 Å². The Balaban J connectivity index is 1.89. The van der Waals surface area contributed by atoms with Gasteiger partial charge in [-0.1, -0.05) is 12.1 Å². The standard InChI is InChI=1S/C16H12N2O2S2/c1-21-10-4-2-9(3-5-10)11-8-14(19)20-13-7-6-12-16(15(11)13)18-22-17-12/h2-7,11H,8H2,1H3. The van der Waals surface area contributed by atoms with Crippen LogP contribution in [0.5, 0.6) is 5.75 Å². The smallest absolute Gasteiger partial charge is 0.312 e. The Morgan fingerprint density at radius 2 is 2.00 bits per heavy atom. The molecule has 4 rings (SSSR count). The molecule has 0 N–H and O–H groups in total. The van der Waals surface area contributed by atoms with Crippen LogP contribution in [0.15, 0.2) is 41.3 Å². The number of thioether (sulfide) groups is 1. The molecule has 1 atom stereocenters. The number of carbonyl (C=O) groups is 1. The van der Waals surface area contributed by atoms with E-state index >= 15 is 0 Å². The maximum absolute atomic E-state index is 11.9. The molecular weight excluding hydrogens is 316 g/mol. The monoisotopic (exact) mass is 328 g/mol. The van der Waals surface area contributed by atoms with Crippen molar-refractivity contribution in [2.75, 3.05) is 6.26 Å². The van der Waals surface area contributed by atoms with Gasteiger partial charge in [-0.15, -0.1) is 11.8 Å². The third-order valence-electron chi connectivity index (χ3n) is 3.89. The fourth-order valence-corrected chi connectivity index (χ4v) is 3.79. The van der Waals surface area contributed by atoms with Crippen LogP contribution < -0.4 is 4.74 Å².